The van der Waals surface area contributed by atoms with Crippen LogP contribution in [0.25, 0.3) is 0 Å². The number of pyridine rings is 1. The van der Waals surface area contributed by atoms with Crippen LogP contribution in [0.15, 0.2) is 42.6 Å². The van der Waals surface area contributed by atoms with Crippen LogP contribution >= 0.6 is 0 Å². The summed E-state index contributed by atoms with van der Waals surface area (Å²) < 4.78 is 19.2. The van der Waals surface area contributed by atoms with Crippen molar-refractivity contribution in [1.82, 2.24) is 9.88 Å². The van der Waals surface area contributed by atoms with E-state index < -0.39 is 11.8 Å². The second kappa shape index (κ2) is 7.40. The smallest absolute Gasteiger partial charge is 0.335 e. The summed E-state index contributed by atoms with van der Waals surface area (Å²) in [6.45, 7) is 2.46. The van der Waals surface area contributed by atoms with Crippen LogP contribution in [-0.2, 0) is 6.54 Å². The van der Waals surface area contributed by atoms with Gasteiger partial charge < -0.3 is 9.84 Å². The zero-order valence-corrected chi connectivity index (χ0v) is 13.2. The molecule has 0 amide bonds. The lowest BCUT2D eigenvalue weighted by Gasteiger charge is -2.31. The summed E-state index contributed by atoms with van der Waals surface area (Å²) in [5.74, 6) is -1.28. The molecule has 3 rings (SSSR count). The average molecular weight is 330 g/mol. The fourth-order valence-electron chi connectivity index (χ4n) is 2.81. The Balaban J connectivity index is 1.50. The van der Waals surface area contributed by atoms with Gasteiger partial charge in [0.05, 0.1) is 5.56 Å². The number of halogens is 1. The lowest BCUT2D eigenvalue weighted by molar-refractivity contribution is 0.0696. The first kappa shape index (κ1) is 16.4. The number of ether oxygens (including phenoxy) is 1. The molecule has 126 valence electrons. The molecule has 0 spiro atoms. The van der Waals surface area contributed by atoms with Crippen molar-refractivity contribution >= 4 is 5.97 Å². The van der Waals surface area contributed by atoms with Crippen LogP contribution in [0.3, 0.4) is 0 Å². The molecule has 0 saturated carbocycles. The molecule has 1 aliphatic rings. The van der Waals surface area contributed by atoms with E-state index in [1.54, 1.807) is 18.2 Å². The number of rotatable bonds is 5. The molecule has 0 bridgehead atoms. The Bertz CT molecular complexity index is 698. The molecule has 0 atom stereocenters. The van der Waals surface area contributed by atoms with Gasteiger partial charge in [-0.3, -0.25) is 4.90 Å². The Morgan fingerprint density at radius 1 is 1.25 bits per heavy atom. The summed E-state index contributed by atoms with van der Waals surface area (Å²) in [7, 11) is 0. The first-order valence-electron chi connectivity index (χ1n) is 7.93. The highest BCUT2D eigenvalue weighted by atomic mass is 19.1. The van der Waals surface area contributed by atoms with Crippen LogP contribution in [0.5, 0.6) is 5.88 Å². The number of carbonyl (C=O) groups is 1. The fourth-order valence-corrected chi connectivity index (χ4v) is 2.81. The van der Waals surface area contributed by atoms with E-state index in [9.17, 15) is 9.18 Å². The Morgan fingerprint density at radius 3 is 2.58 bits per heavy atom. The zero-order chi connectivity index (χ0) is 16.9. The second-order valence-corrected chi connectivity index (χ2v) is 5.89. The van der Waals surface area contributed by atoms with Crippen molar-refractivity contribution in [3.63, 3.8) is 0 Å². The Hall–Kier alpha value is -2.47. The Labute approximate surface area is 139 Å². The van der Waals surface area contributed by atoms with Crippen LogP contribution in [0, 0.1) is 5.82 Å². The highest BCUT2D eigenvalue weighted by Gasteiger charge is 2.22. The molecule has 2 heterocycles. The average Bonchev–Trinajstić information content (AvgIpc) is 2.59. The molecule has 24 heavy (non-hydrogen) atoms. The normalized spacial score (nSPS) is 16.0. The molecule has 2 aromatic rings. The number of aromatic nitrogens is 1. The predicted molar refractivity (Wildman–Crippen MR) is 86.5 cm³/mol. The molecule has 6 heteroatoms. The number of hydrogen-bond donors (Lipinski definition) is 1. The first-order valence-corrected chi connectivity index (χ1v) is 7.93. The minimum Gasteiger partial charge on any atom is -0.478 e. The maximum Gasteiger partial charge on any atom is 0.335 e. The predicted octanol–water partition coefficient (Wildman–Crippen LogP) is 2.96. The van der Waals surface area contributed by atoms with Gasteiger partial charge in [0, 0.05) is 25.8 Å². The van der Waals surface area contributed by atoms with Gasteiger partial charge in [-0.1, -0.05) is 12.1 Å². The monoisotopic (exact) mass is 330 g/mol. The molecule has 0 aliphatic carbocycles. The van der Waals surface area contributed by atoms with Crippen molar-refractivity contribution in [2.45, 2.75) is 25.5 Å². The van der Waals surface area contributed by atoms with Crippen LogP contribution < -0.4 is 4.74 Å². The molecule has 5 nitrogen and oxygen atoms in total. The fraction of sp³-hybridized carbons (Fsp3) is 0.333. The minimum atomic E-state index is -0.915. The molecule has 1 saturated heterocycles. The number of hydrogen-bond acceptors (Lipinski definition) is 4. The molecule has 1 fully saturated rings. The summed E-state index contributed by atoms with van der Waals surface area (Å²) in [6, 6.07) is 9.82. The van der Waals surface area contributed by atoms with Crippen LogP contribution in [-0.4, -0.2) is 40.2 Å². The third-order valence-electron chi connectivity index (χ3n) is 4.14. The van der Waals surface area contributed by atoms with E-state index in [1.165, 1.54) is 12.3 Å². The van der Waals surface area contributed by atoms with Gasteiger partial charge in [-0.15, -0.1) is 0 Å². The Morgan fingerprint density at radius 2 is 1.96 bits per heavy atom. The standard InChI is InChI=1S/C18H19FN2O3/c19-16-2-1-9-20-17(16)24-15-7-10-21(11-8-15)12-13-3-5-14(6-4-13)18(22)23/h1-6,9,15H,7-8,10-12H2,(H,22,23). The van der Waals surface area contributed by atoms with Gasteiger partial charge >= 0.3 is 5.97 Å². The van der Waals surface area contributed by atoms with Gasteiger partial charge in [0.2, 0.25) is 0 Å². The largest absolute Gasteiger partial charge is 0.478 e. The van der Waals surface area contributed by atoms with Crippen molar-refractivity contribution < 1.29 is 19.0 Å². The number of carboxylic acid groups (broad SMARTS) is 1. The summed E-state index contributed by atoms with van der Waals surface area (Å²) in [4.78, 5) is 17.1. The minimum absolute atomic E-state index is 0.0277. The maximum absolute atomic E-state index is 13.6. The number of likely N-dealkylation sites (tertiary alicyclic amines) is 1. The van der Waals surface area contributed by atoms with Gasteiger partial charge in [0.1, 0.15) is 6.10 Å². The van der Waals surface area contributed by atoms with Gasteiger partial charge in [0.15, 0.2) is 5.82 Å². The highest BCUT2D eigenvalue weighted by molar-refractivity contribution is 5.87. The Kier molecular flexibility index (Phi) is 5.05. The molecular formula is C18H19FN2O3. The van der Waals surface area contributed by atoms with Crippen molar-refractivity contribution in [3.8, 4) is 5.88 Å². The van der Waals surface area contributed by atoms with Gasteiger partial charge in [0.25, 0.3) is 5.88 Å². The lowest BCUT2D eigenvalue weighted by Crippen LogP contribution is -2.38. The number of benzene rings is 1. The number of aromatic carboxylic acids is 1. The van der Waals surface area contributed by atoms with E-state index in [0.717, 1.165) is 38.0 Å². The number of carboxylic acids is 1. The summed E-state index contributed by atoms with van der Waals surface area (Å²) in [5, 5.41) is 8.91. The maximum atomic E-state index is 13.6. The van der Waals surface area contributed by atoms with Crippen molar-refractivity contribution in [2.24, 2.45) is 0 Å². The van der Waals surface area contributed by atoms with Gasteiger partial charge in [-0.25, -0.2) is 14.2 Å². The van der Waals surface area contributed by atoms with Gasteiger partial charge in [-0.2, -0.15) is 0 Å². The summed E-state index contributed by atoms with van der Waals surface area (Å²) >= 11 is 0. The SMILES string of the molecule is O=C(O)c1ccc(CN2CCC(Oc3ncccc3F)CC2)cc1. The van der Waals surface area contributed by atoms with Crippen molar-refractivity contribution in [2.75, 3.05) is 13.1 Å². The summed E-state index contributed by atoms with van der Waals surface area (Å²) in [6.07, 6.45) is 3.11. The molecule has 0 radical (unpaired) electrons. The molecular weight excluding hydrogens is 311 g/mol. The first-order chi connectivity index (χ1) is 11.6. The van der Waals surface area contributed by atoms with Crippen LogP contribution in [0.2, 0.25) is 0 Å². The topological polar surface area (TPSA) is 62.7 Å². The van der Waals surface area contributed by atoms with E-state index in [0.29, 0.717) is 5.56 Å². The van der Waals surface area contributed by atoms with Gasteiger partial charge in [-0.05, 0) is 42.7 Å². The van der Waals surface area contributed by atoms with E-state index in [2.05, 4.69) is 9.88 Å². The van der Waals surface area contributed by atoms with E-state index in [1.807, 2.05) is 12.1 Å². The van der Waals surface area contributed by atoms with E-state index in [4.69, 9.17) is 9.84 Å². The molecule has 1 aromatic carbocycles. The second-order valence-electron chi connectivity index (χ2n) is 5.89. The zero-order valence-electron chi connectivity index (χ0n) is 13.2. The van der Waals surface area contributed by atoms with Crippen LogP contribution in [0.1, 0.15) is 28.8 Å². The van der Waals surface area contributed by atoms with Crippen molar-refractivity contribution in [3.05, 3.63) is 59.5 Å². The molecule has 1 aliphatic heterocycles. The highest BCUT2D eigenvalue weighted by Crippen LogP contribution is 2.20. The van der Waals surface area contributed by atoms with E-state index in [-0.39, 0.29) is 12.0 Å². The number of nitrogens with zero attached hydrogens (tertiary/aromatic N) is 2. The quantitative estimate of drug-likeness (QED) is 0.913. The van der Waals surface area contributed by atoms with Crippen molar-refractivity contribution in [1.29, 1.82) is 0 Å². The third-order valence-corrected chi connectivity index (χ3v) is 4.14. The third kappa shape index (κ3) is 4.08. The number of piperidine rings is 1. The summed E-state index contributed by atoms with van der Waals surface area (Å²) in [5.41, 5.74) is 1.37. The van der Waals surface area contributed by atoms with Crippen LogP contribution in [0.4, 0.5) is 4.39 Å². The lowest BCUT2D eigenvalue weighted by atomic mass is 10.1. The van der Waals surface area contributed by atoms with E-state index >= 15 is 0 Å². The molecule has 1 N–H and O–H groups in total. The molecule has 0 unspecified atom stereocenters. The molecule has 1 aromatic heterocycles.